The van der Waals surface area contributed by atoms with Gasteiger partial charge in [-0.05, 0) is 49.9 Å². The Labute approximate surface area is 137 Å². The molecule has 0 aromatic heterocycles. The molecule has 0 spiro atoms. The maximum atomic E-state index is 11.1. The lowest BCUT2D eigenvalue weighted by molar-refractivity contribution is -0.145. The highest BCUT2D eigenvalue weighted by Gasteiger charge is 2.22. The predicted molar refractivity (Wildman–Crippen MR) is 88.4 cm³/mol. The molecule has 5 heteroatoms. The average molecular weight is 319 g/mol. The SMILES string of the molecule is CCC(Oc1ccc(/C(=N\O)C2CCCCC2)cc1C)C(=O)O. The van der Waals surface area contributed by atoms with Crippen LogP contribution in [-0.2, 0) is 4.79 Å². The van der Waals surface area contributed by atoms with Crippen LogP contribution in [0.1, 0.15) is 56.6 Å². The lowest BCUT2D eigenvalue weighted by Crippen LogP contribution is -2.26. The van der Waals surface area contributed by atoms with Gasteiger partial charge in [0.05, 0.1) is 5.71 Å². The number of carboxylic acids is 1. The standard InChI is InChI=1S/C18H25NO4/c1-3-15(18(20)21)23-16-10-9-14(11-12(16)2)17(19-22)13-7-5-4-6-8-13/h9-11,13,15,22H,3-8H2,1-2H3,(H,20,21)/b19-17-. The summed E-state index contributed by atoms with van der Waals surface area (Å²) in [5, 5.41) is 22.1. The van der Waals surface area contributed by atoms with Crippen molar-refractivity contribution >= 4 is 11.7 Å². The smallest absolute Gasteiger partial charge is 0.344 e. The molecule has 0 aliphatic heterocycles. The summed E-state index contributed by atoms with van der Waals surface area (Å²) >= 11 is 0. The minimum absolute atomic E-state index is 0.294. The third-order valence-electron chi connectivity index (χ3n) is 4.49. The van der Waals surface area contributed by atoms with E-state index < -0.39 is 12.1 Å². The van der Waals surface area contributed by atoms with Crippen LogP contribution in [0.5, 0.6) is 5.75 Å². The topological polar surface area (TPSA) is 79.1 Å². The Morgan fingerprint density at radius 1 is 1.35 bits per heavy atom. The summed E-state index contributed by atoms with van der Waals surface area (Å²) < 4.78 is 5.57. The fourth-order valence-corrected chi connectivity index (χ4v) is 3.15. The largest absolute Gasteiger partial charge is 0.479 e. The molecule has 1 saturated carbocycles. The first-order valence-corrected chi connectivity index (χ1v) is 8.29. The molecule has 0 heterocycles. The molecule has 1 unspecified atom stereocenters. The molecule has 1 aromatic rings. The zero-order chi connectivity index (χ0) is 16.8. The fourth-order valence-electron chi connectivity index (χ4n) is 3.15. The molecule has 2 N–H and O–H groups in total. The Kier molecular flexibility index (Phi) is 6.02. The first kappa shape index (κ1) is 17.3. The van der Waals surface area contributed by atoms with Crippen LogP contribution in [0.15, 0.2) is 23.4 Å². The van der Waals surface area contributed by atoms with Gasteiger partial charge < -0.3 is 15.1 Å². The Morgan fingerprint density at radius 3 is 2.57 bits per heavy atom. The molecule has 126 valence electrons. The number of rotatable bonds is 6. The Hall–Kier alpha value is -2.04. The van der Waals surface area contributed by atoms with Crippen molar-refractivity contribution in [2.75, 3.05) is 0 Å². The number of carbonyl (C=O) groups is 1. The van der Waals surface area contributed by atoms with Gasteiger partial charge in [-0.2, -0.15) is 0 Å². The minimum atomic E-state index is -0.962. The van der Waals surface area contributed by atoms with E-state index >= 15 is 0 Å². The molecule has 0 saturated heterocycles. The molecule has 0 amide bonds. The average Bonchev–Trinajstić information content (AvgIpc) is 2.55. The van der Waals surface area contributed by atoms with Crippen LogP contribution in [0.4, 0.5) is 0 Å². The minimum Gasteiger partial charge on any atom is -0.479 e. The molecule has 1 aliphatic rings. The van der Waals surface area contributed by atoms with Gasteiger partial charge in [-0.15, -0.1) is 0 Å². The van der Waals surface area contributed by atoms with Crippen LogP contribution in [-0.4, -0.2) is 28.1 Å². The molecule has 1 aromatic carbocycles. The van der Waals surface area contributed by atoms with Gasteiger partial charge in [0.2, 0.25) is 0 Å². The van der Waals surface area contributed by atoms with Gasteiger partial charge >= 0.3 is 5.97 Å². The van der Waals surface area contributed by atoms with Crippen molar-refractivity contribution in [1.29, 1.82) is 0 Å². The number of carboxylic acid groups (broad SMARTS) is 1. The van der Waals surface area contributed by atoms with Crippen molar-refractivity contribution in [3.63, 3.8) is 0 Å². The van der Waals surface area contributed by atoms with Gasteiger partial charge in [0, 0.05) is 11.5 Å². The van der Waals surface area contributed by atoms with E-state index in [0.717, 1.165) is 29.7 Å². The normalized spacial score (nSPS) is 17.7. The van der Waals surface area contributed by atoms with Crippen LogP contribution in [0.2, 0.25) is 0 Å². The quantitative estimate of drug-likeness (QED) is 0.472. The van der Waals surface area contributed by atoms with Gasteiger partial charge in [-0.25, -0.2) is 4.79 Å². The Morgan fingerprint density at radius 2 is 2.04 bits per heavy atom. The number of aliphatic carboxylic acids is 1. The summed E-state index contributed by atoms with van der Waals surface area (Å²) in [7, 11) is 0. The van der Waals surface area contributed by atoms with Crippen molar-refractivity contribution in [1.82, 2.24) is 0 Å². The van der Waals surface area contributed by atoms with Gasteiger partial charge in [-0.3, -0.25) is 0 Å². The van der Waals surface area contributed by atoms with Crippen molar-refractivity contribution < 1.29 is 19.8 Å². The zero-order valence-corrected chi connectivity index (χ0v) is 13.8. The Bertz CT molecular complexity index is 576. The van der Waals surface area contributed by atoms with E-state index in [9.17, 15) is 10.0 Å². The molecule has 23 heavy (non-hydrogen) atoms. The lowest BCUT2D eigenvalue weighted by Gasteiger charge is -2.23. The summed E-state index contributed by atoms with van der Waals surface area (Å²) in [6, 6.07) is 5.53. The van der Waals surface area contributed by atoms with Crippen molar-refractivity contribution in [2.45, 2.75) is 58.5 Å². The second-order valence-corrected chi connectivity index (χ2v) is 6.15. The van der Waals surface area contributed by atoms with Crippen molar-refractivity contribution in [3.8, 4) is 5.75 Å². The Balaban J connectivity index is 2.18. The molecular formula is C18H25NO4. The third kappa shape index (κ3) is 4.24. The second-order valence-electron chi connectivity index (χ2n) is 6.15. The van der Waals surface area contributed by atoms with Gasteiger partial charge in [0.25, 0.3) is 0 Å². The van der Waals surface area contributed by atoms with E-state index in [1.165, 1.54) is 19.3 Å². The zero-order valence-electron chi connectivity index (χ0n) is 13.8. The molecule has 5 nitrogen and oxygen atoms in total. The first-order chi connectivity index (χ1) is 11.1. The number of aryl methyl sites for hydroxylation is 1. The molecule has 1 aliphatic carbocycles. The number of ether oxygens (including phenoxy) is 1. The van der Waals surface area contributed by atoms with Gasteiger partial charge in [-0.1, -0.05) is 31.3 Å². The fraction of sp³-hybridized carbons (Fsp3) is 0.556. The van der Waals surface area contributed by atoms with Crippen LogP contribution < -0.4 is 4.74 Å². The molecule has 2 rings (SSSR count). The van der Waals surface area contributed by atoms with E-state index in [4.69, 9.17) is 9.84 Å². The summed E-state index contributed by atoms with van der Waals surface area (Å²) in [6.07, 6.45) is 5.24. The number of oxime groups is 1. The highest BCUT2D eigenvalue weighted by molar-refractivity contribution is 6.02. The number of benzene rings is 1. The van der Waals surface area contributed by atoms with Gasteiger partial charge in [0.1, 0.15) is 5.75 Å². The van der Waals surface area contributed by atoms with Crippen LogP contribution in [0, 0.1) is 12.8 Å². The van der Waals surface area contributed by atoms with Crippen LogP contribution in [0.3, 0.4) is 0 Å². The van der Waals surface area contributed by atoms with E-state index in [1.54, 1.807) is 13.0 Å². The summed E-state index contributed by atoms with van der Waals surface area (Å²) in [6.45, 7) is 3.66. The monoisotopic (exact) mass is 319 g/mol. The number of hydrogen-bond acceptors (Lipinski definition) is 4. The molecule has 0 radical (unpaired) electrons. The van der Waals surface area contributed by atoms with E-state index in [-0.39, 0.29) is 0 Å². The molecule has 0 bridgehead atoms. The predicted octanol–water partition coefficient (Wildman–Crippen LogP) is 4.00. The maximum Gasteiger partial charge on any atom is 0.344 e. The molecular weight excluding hydrogens is 294 g/mol. The molecule has 1 fully saturated rings. The van der Waals surface area contributed by atoms with E-state index in [1.807, 2.05) is 19.1 Å². The summed E-state index contributed by atoms with van der Waals surface area (Å²) in [5.41, 5.74) is 2.46. The lowest BCUT2D eigenvalue weighted by atomic mass is 9.83. The summed E-state index contributed by atoms with van der Waals surface area (Å²) in [5.74, 6) is -0.109. The molecule has 1 atom stereocenters. The highest BCUT2D eigenvalue weighted by Crippen LogP contribution is 2.29. The number of hydrogen-bond donors (Lipinski definition) is 2. The van der Waals surface area contributed by atoms with Gasteiger partial charge in [0.15, 0.2) is 6.10 Å². The maximum absolute atomic E-state index is 11.1. The van der Waals surface area contributed by atoms with E-state index in [2.05, 4.69) is 5.16 Å². The van der Waals surface area contributed by atoms with Crippen molar-refractivity contribution in [3.05, 3.63) is 29.3 Å². The first-order valence-electron chi connectivity index (χ1n) is 8.29. The van der Waals surface area contributed by atoms with Crippen LogP contribution in [0.25, 0.3) is 0 Å². The third-order valence-corrected chi connectivity index (χ3v) is 4.49. The number of nitrogens with zero attached hydrogens (tertiary/aromatic N) is 1. The second kappa shape index (κ2) is 7.99. The highest BCUT2D eigenvalue weighted by atomic mass is 16.5. The summed E-state index contributed by atoms with van der Waals surface area (Å²) in [4.78, 5) is 11.1. The van der Waals surface area contributed by atoms with E-state index in [0.29, 0.717) is 18.1 Å². The van der Waals surface area contributed by atoms with Crippen molar-refractivity contribution in [2.24, 2.45) is 11.1 Å². The van der Waals surface area contributed by atoms with Crippen LogP contribution >= 0.6 is 0 Å².